The molecule has 0 bridgehead atoms. The summed E-state index contributed by atoms with van der Waals surface area (Å²) in [7, 11) is 2.03. The van der Waals surface area contributed by atoms with Gasteiger partial charge in [0.25, 0.3) is 0 Å². The van der Waals surface area contributed by atoms with Crippen molar-refractivity contribution in [3.8, 4) is 0 Å². The summed E-state index contributed by atoms with van der Waals surface area (Å²) < 4.78 is 5.14. The van der Waals surface area contributed by atoms with Gasteiger partial charge in [0.05, 0.1) is 6.54 Å². The lowest BCUT2D eigenvalue weighted by Crippen LogP contribution is -2.51. The highest BCUT2D eigenvalue weighted by atomic mass is 16.6. The van der Waals surface area contributed by atoms with E-state index in [4.69, 9.17) is 4.74 Å². The number of likely N-dealkylation sites (tertiary alicyclic amines) is 1. The number of cyclic esters (lactones) is 1. The van der Waals surface area contributed by atoms with Gasteiger partial charge < -0.3 is 15.4 Å². The van der Waals surface area contributed by atoms with E-state index in [1.54, 1.807) is 0 Å². The molecule has 0 saturated carbocycles. The largest absolute Gasteiger partial charge is 0.443 e. The minimum absolute atomic E-state index is 0.0337. The van der Waals surface area contributed by atoms with Crippen molar-refractivity contribution >= 4 is 6.09 Å². The third kappa shape index (κ3) is 2.65. The Bertz CT molecular complexity index is 262. The maximum absolute atomic E-state index is 10.9. The summed E-state index contributed by atoms with van der Waals surface area (Å²) in [5.41, 5.74) is 0.279. The number of ether oxygens (including phenoxy) is 1. The van der Waals surface area contributed by atoms with Crippen LogP contribution in [0.15, 0.2) is 0 Å². The molecule has 0 aliphatic carbocycles. The second-order valence-electron chi connectivity index (χ2n) is 5.02. The van der Waals surface area contributed by atoms with Gasteiger partial charge in [0.1, 0.15) is 6.10 Å². The maximum atomic E-state index is 10.9. The summed E-state index contributed by atoms with van der Waals surface area (Å²) >= 11 is 0. The van der Waals surface area contributed by atoms with E-state index >= 15 is 0 Å². The molecule has 16 heavy (non-hydrogen) atoms. The van der Waals surface area contributed by atoms with Crippen LogP contribution in [0.3, 0.4) is 0 Å². The average Bonchev–Trinajstić information content (AvgIpc) is 2.68. The molecule has 0 aromatic heterocycles. The third-order valence-corrected chi connectivity index (χ3v) is 3.77. The number of piperidine rings is 1. The molecule has 1 amide bonds. The van der Waals surface area contributed by atoms with Crippen LogP contribution in [0.2, 0.25) is 0 Å². The first-order valence-corrected chi connectivity index (χ1v) is 5.97. The number of hydrogen-bond acceptors (Lipinski definition) is 4. The SMILES string of the molecule is CNC1(C)CCN(CC2CNC(=O)O2)CC1. The lowest BCUT2D eigenvalue weighted by Gasteiger charge is -2.39. The van der Waals surface area contributed by atoms with Crippen LogP contribution < -0.4 is 10.6 Å². The van der Waals surface area contributed by atoms with Crippen LogP contribution in [0.25, 0.3) is 0 Å². The number of carbonyl (C=O) groups excluding carboxylic acids is 1. The molecule has 2 heterocycles. The highest BCUT2D eigenvalue weighted by Gasteiger charge is 2.31. The first-order valence-electron chi connectivity index (χ1n) is 5.97. The average molecular weight is 227 g/mol. The van der Waals surface area contributed by atoms with Crippen molar-refractivity contribution in [1.82, 2.24) is 15.5 Å². The van der Waals surface area contributed by atoms with Gasteiger partial charge in [0.2, 0.25) is 0 Å². The van der Waals surface area contributed by atoms with Crippen LogP contribution in [0, 0.1) is 0 Å². The second kappa shape index (κ2) is 4.59. The van der Waals surface area contributed by atoms with Gasteiger partial charge in [-0.05, 0) is 26.8 Å². The summed E-state index contributed by atoms with van der Waals surface area (Å²) in [6.07, 6.45) is 2.06. The van der Waals surface area contributed by atoms with E-state index in [-0.39, 0.29) is 17.7 Å². The molecule has 2 fully saturated rings. The molecule has 2 aliphatic heterocycles. The van der Waals surface area contributed by atoms with Crippen molar-refractivity contribution in [2.75, 3.05) is 33.2 Å². The summed E-state index contributed by atoms with van der Waals surface area (Å²) in [5.74, 6) is 0. The first-order chi connectivity index (χ1) is 7.61. The smallest absolute Gasteiger partial charge is 0.407 e. The molecule has 5 nitrogen and oxygen atoms in total. The molecule has 0 spiro atoms. The molecular weight excluding hydrogens is 206 g/mol. The van der Waals surface area contributed by atoms with Crippen LogP contribution in [0.5, 0.6) is 0 Å². The second-order valence-corrected chi connectivity index (χ2v) is 5.02. The fourth-order valence-corrected chi connectivity index (χ4v) is 2.30. The Morgan fingerprint density at radius 3 is 2.75 bits per heavy atom. The van der Waals surface area contributed by atoms with Gasteiger partial charge in [-0.25, -0.2) is 4.79 Å². The van der Waals surface area contributed by atoms with Gasteiger partial charge >= 0.3 is 6.09 Å². The highest BCUT2D eigenvalue weighted by molar-refractivity contribution is 5.69. The van der Waals surface area contributed by atoms with E-state index in [2.05, 4.69) is 22.5 Å². The Balaban J connectivity index is 1.75. The number of nitrogens with one attached hydrogen (secondary N) is 2. The minimum atomic E-state index is -0.276. The lowest BCUT2D eigenvalue weighted by atomic mass is 9.90. The molecule has 0 radical (unpaired) electrons. The third-order valence-electron chi connectivity index (χ3n) is 3.77. The first kappa shape index (κ1) is 11.7. The Kier molecular flexibility index (Phi) is 3.35. The van der Waals surface area contributed by atoms with Gasteiger partial charge in [-0.3, -0.25) is 4.90 Å². The molecule has 5 heteroatoms. The normalized spacial score (nSPS) is 29.9. The van der Waals surface area contributed by atoms with Crippen molar-refractivity contribution < 1.29 is 9.53 Å². The van der Waals surface area contributed by atoms with Crippen LogP contribution in [0.1, 0.15) is 19.8 Å². The van der Waals surface area contributed by atoms with Crippen molar-refractivity contribution in [2.24, 2.45) is 0 Å². The van der Waals surface area contributed by atoms with E-state index in [0.29, 0.717) is 6.54 Å². The molecular formula is C11H21N3O2. The summed E-state index contributed by atoms with van der Waals surface area (Å²) in [5, 5.41) is 6.06. The molecule has 0 aromatic rings. The Labute approximate surface area is 96.5 Å². The lowest BCUT2D eigenvalue weighted by molar-refractivity contribution is 0.0830. The van der Waals surface area contributed by atoms with E-state index in [0.717, 1.165) is 32.5 Å². The van der Waals surface area contributed by atoms with Crippen molar-refractivity contribution in [3.05, 3.63) is 0 Å². The fourth-order valence-electron chi connectivity index (χ4n) is 2.30. The summed E-state index contributed by atoms with van der Waals surface area (Å²) in [4.78, 5) is 13.3. The van der Waals surface area contributed by atoms with Crippen molar-refractivity contribution in [3.63, 3.8) is 0 Å². The molecule has 0 aromatic carbocycles. The number of hydrogen-bond donors (Lipinski definition) is 2. The quantitative estimate of drug-likeness (QED) is 0.721. The predicted molar refractivity (Wildman–Crippen MR) is 61.4 cm³/mol. The number of nitrogens with zero attached hydrogens (tertiary/aromatic N) is 1. The summed E-state index contributed by atoms with van der Waals surface area (Å²) in [6.45, 7) is 5.93. The monoisotopic (exact) mass is 227 g/mol. The number of carbonyl (C=O) groups is 1. The molecule has 2 aliphatic rings. The van der Waals surface area contributed by atoms with Gasteiger partial charge in [0, 0.05) is 25.2 Å². The van der Waals surface area contributed by atoms with Gasteiger partial charge in [0.15, 0.2) is 0 Å². The molecule has 2 N–H and O–H groups in total. The van der Waals surface area contributed by atoms with E-state index in [1.807, 2.05) is 7.05 Å². The number of alkyl carbamates (subject to hydrolysis) is 1. The van der Waals surface area contributed by atoms with E-state index in [1.165, 1.54) is 0 Å². The van der Waals surface area contributed by atoms with Crippen LogP contribution >= 0.6 is 0 Å². The topological polar surface area (TPSA) is 53.6 Å². The van der Waals surface area contributed by atoms with Crippen LogP contribution in [-0.2, 0) is 4.74 Å². The molecule has 92 valence electrons. The molecule has 2 saturated heterocycles. The summed E-state index contributed by atoms with van der Waals surface area (Å²) in [6, 6.07) is 0. The predicted octanol–water partition coefficient (Wildman–Crippen LogP) is 0.169. The standard InChI is InChI=1S/C11H21N3O2/c1-11(12-2)3-5-14(6-4-11)8-9-7-13-10(15)16-9/h9,12H,3-8H2,1-2H3,(H,13,15). The Morgan fingerprint density at radius 2 is 2.25 bits per heavy atom. The van der Waals surface area contributed by atoms with Gasteiger partial charge in [-0.15, -0.1) is 0 Å². The maximum Gasteiger partial charge on any atom is 0.407 e. The molecule has 2 rings (SSSR count). The Hall–Kier alpha value is -0.810. The minimum Gasteiger partial charge on any atom is -0.443 e. The van der Waals surface area contributed by atoms with Gasteiger partial charge in [-0.1, -0.05) is 0 Å². The zero-order valence-corrected chi connectivity index (χ0v) is 10.1. The van der Waals surface area contributed by atoms with Crippen LogP contribution in [-0.4, -0.2) is 55.9 Å². The molecule has 1 atom stereocenters. The van der Waals surface area contributed by atoms with E-state index in [9.17, 15) is 4.79 Å². The fraction of sp³-hybridized carbons (Fsp3) is 0.909. The zero-order chi connectivity index (χ0) is 11.6. The van der Waals surface area contributed by atoms with E-state index < -0.39 is 0 Å². The highest BCUT2D eigenvalue weighted by Crippen LogP contribution is 2.21. The van der Waals surface area contributed by atoms with Crippen LogP contribution in [0.4, 0.5) is 4.79 Å². The van der Waals surface area contributed by atoms with Crippen molar-refractivity contribution in [2.45, 2.75) is 31.4 Å². The Morgan fingerprint density at radius 1 is 1.56 bits per heavy atom. The number of rotatable bonds is 3. The number of amides is 1. The molecule has 1 unspecified atom stereocenters. The van der Waals surface area contributed by atoms with Crippen molar-refractivity contribution in [1.29, 1.82) is 0 Å². The zero-order valence-electron chi connectivity index (χ0n) is 10.1. The van der Waals surface area contributed by atoms with Gasteiger partial charge in [-0.2, -0.15) is 0 Å².